The van der Waals surface area contributed by atoms with Crippen molar-refractivity contribution in [1.82, 2.24) is 0 Å². The topological polar surface area (TPSA) is 180 Å². The van der Waals surface area contributed by atoms with Gasteiger partial charge in [-0.15, -0.1) is 0 Å². The monoisotopic (exact) mass is 376 g/mol. The second kappa shape index (κ2) is 12.0. The summed E-state index contributed by atoms with van der Waals surface area (Å²) >= 11 is 11.5. The van der Waals surface area contributed by atoms with Gasteiger partial charge in [0.25, 0.3) is 0 Å². The zero-order valence-corrected chi connectivity index (χ0v) is 13.8. The summed E-state index contributed by atoms with van der Waals surface area (Å²) in [6.45, 7) is 0. The molecule has 0 fully saturated rings. The zero-order valence-electron chi connectivity index (χ0n) is 12.3. The Kier molecular flexibility index (Phi) is 11.8. The number of benzene rings is 2. The highest BCUT2D eigenvalue weighted by atomic mass is 35.5. The molecule has 0 aliphatic heterocycles. The second-order valence-corrected chi connectivity index (χ2v) is 4.74. The van der Waals surface area contributed by atoms with Crippen molar-refractivity contribution in [3.63, 3.8) is 0 Å². The van der Waals surface area contributed by atoms with Gasteiger partial charge in [0.05, 0.1) is 10.0 Å². The lowest BCUT2D eigenvalue weighted by Gasteiger charge is -1.99. The minimum Gasteiger partial charge on any atom is -0.412 e. The van der Waals surface area contributed by atoms with Crippen LogP contribution in [0.25, 0.3) is 0 Å². The van der Waals surface area contributed by atoms with Gasteiger partial charge < -0.3 is 32.8 Å². The summed E-state index contributed by atoms with van der Waals surface area (Å²) in [5.74, 6) is 0.0474. The Bertz CT molecular complexity index is 636. The van der Waals surface area contributed by atoms with Crippen molar-refractivity contribution in [2.45, 2.75) is 0 Å². The van der Waals surface area contributed by atoms with Gasteiger partial charge in [-0.1, -0.05) is 57.8 Å². The first-order valence-corrected chi connectivity index (χ1v) is 6.71. The largest absolute Gasteiger partial charge is 0.412 e. The van der Waals surface area contributed by atoms with Gasteiger partial charge in [0.15, 0.2) is 11.7 Å². The smallest absolute Gasteiger partial charge is 0.171 e. The van der Waals surface area contributed by atoms with Crippen LogP contribution in [0.3, 0.4) is 0 Å². The highest BCUT2D eigenvalue weighted by molar-refractivity contribution is 6.34. The van der Waals surface area contributed by atoms with Gasteiger partial charge in [-0.3, -0.25) is 0 Å². The fourth-order valence-corrected chi connectivity index (χ4v) is 1.91. The number of hydrogen-bond acceptors (Lipinski definition) is 4. The van der Waals surface area contributed by atoms with Crippen molar-refractivity contribution in [3.8, 4) is 0 Å². The molecule has 0 saturated carbocycles. The van der Waals surface area contributed by atoms with Crippen molar-refractivity contribution < 1.29 is 21.4 Å². The molecule has 0 bridgehead atoms. The number of rotatable bonds is 2. The number of hydrogen-bond donors (Lipinski definition) is 4. The predicted octanol–water partition coefficient (Wildman–Crippen LogP) is 1.22. The van der Waals surface area contributed by atoms with E-state index in [-0.39, 0.29) is 22.6 Å². The lowest BCUT2D eigenvalue weighted by Crippen LogP contribution is -2.13. The van der Waals surface area contributed by atoms with E-state index in [2.05, 4.69) is 10.3 Å². The molecule has 0 spiro atoms. The van der Waals surface area contributed by atoms with Crippen LogP contribution in [0, 0.1) is 0 Å². The fourth-order valence-electron chi connectivity index (χ4n) is 1.45. The summed E-state index contributed by atoms with van der Waals surface area (Å²) in [6, 6.07) is 13.8. The molecule has 0 heterocycles. The van der Waals surface area contributed by atoms with Crippen LogP contribution in [-0.2, 0) is 0 Å². The van der Waals surface area contributed by atoms with Gasteiger partial charge in [-0.2, -0.15) is 0 Å². The second-order valence-electron chi connectivity index (χ2n) is 3.93. The summed E-state index contributed by atoms with van der Waals surface area (Å²) in [5, 5.41) is 23.2. The number of halogens is 2. The van der Waals surface area contributed by atoms with E-state index in [0.717, 1.165) is 0 Å². The molecule has 10 heteroatoms. The molecule has 0 aliphatic rings. The van der Waals surface area contributed by atoms with E-state index in [0.29, 0.717) is 21.2 Å². The molecule has 2 aromatic carbocycles. The Balaban J connectivity index is 0. The molecule has 2 rings (SSSR count). The normalized spacial score (nSPS) is 10.6. The van der Waals surface area contributed by atoms with Gasteiger partial charge in [0.2, 0.25) is 0 Å². The number of oxime groups is 2. The SMILES string of the molecule is N/C(=N\O)c1ccccc1Cl.N/C(=N\O)c1ccccc1Cl.O.O. The first-order valence-electron chi connectivity index (χ1n) is 5.96. The van der Waals surface area contributed by atoms with Crippen molar-refractivity contribution in [2.75, 3.05) is 0 Å². The highest BCUT2D eigenvalue weighted by Gasteiger charge is 2.02. The Hall–Kier alpha value is -2.52. The van der Waals surface area contributed by atoms with Crippen molar-refractivity contribution >= 4 is 34.9 Å². The van der Waals surface area contributed by atoms with Crippen molar-refractivity contribution in [1.29, 1.82) is 0 Å². The minimum absolute atomic E-state index is 0. The lowest BCUT2D eigenvalue weighted by atomic mass is 10.2. The third-order valence-corrected chi connectivity index (χ3v) is 3.17. The fraction of sp³-hybridized carbons (Fsp3) is 0. The summed E-state index contributed by atoms with van der Waals surface area (Å²) in [4.78, 5) is 0. The Morgan fingerprint density at radius 3 is 1.25 bits per heavy atom. The van der Waals surface area contributed by atoms with E-state index in [1.54, 1.807) is 48.5 Å². The molecule has 0 radical (unpaired) electrons. The van der Waals surface area contributed by atoms with E-state index >= 15 is 0 Å². The Labute approximate surface area is 148 Å². The van der Waals surface area contributed by atoms with Gasteiger partial charge in [-0.25, -0.2) is 0 Å². The molecule has 0 atom stereocenters. The first kappa shape index (κ1) is 23.7. The number of nitrogens with zero attached hydrogens (tertiary/aromatic N) is 2. The predicted molar refractivity (Wildman–Crippen MR) is 95.2 cm³/mol. The van der Waals surface area contributed by atoms with Crippen LogP contribution >= 0.6 is 23.2 Å². The quantitative estimate of drug-likeness (QED) is 0.266. The summed E-state index contributed by atoms with van der Waals surface area (Å²) < 4.78 is 0. The van der Waals surface area contributed by atoms with Gasteiger partial charge in [-0.05, 0) is 24.3 Å². The zero-order chi connectivity index (χ0) is 16.5. The molecule has 8 nitrogen and oxygen atoms in total. The summed E-state index contributed by atoms with van der Waals surface area (Å²) in [6.07, 6.45) is 0. The first-order chi connectivity index (χ1) is 10.5. The number of amidine groups is 2. The van der Waals surface area contributed by atoms with Crippen LogP contribution in [-0.4, -0.2) is 33.0 Å². The maximum atomic E-state index is 8.32. The van der Waals surface area contributed by atoms with Crippen molar-refractivity contribution in [2.24, 2.45) is 21.8 Å². The van der Waals surface area contributed by atoms with Crippen molar-refractivity contribution in [3.05, 3.63) is 69.7 Å². The van der Waals surface area contributed by atoms with Gasteiger partial charge >= 0.3 is 0 Å². The van der Waals surface area contributed by atoms with E-state index < -0.39 is 0 Å². The summed E-state index contributed by atoms with van der Waals surface area (Å²) in [7, 11) is 0. The third kappa shape index (κ3) is 6.71. The third-order valence-electron chi connectivity index (χ3n) is 2.52. The van der Waals surface area contributed by atoms with Crippen LogP contribution in [0.4, 0.5) is 0 Å². The maximum absolute atomic E-state index is 8.32. The van der Waals surface area contributed by atoms with E-state index in [9.17, 15) is 0 Å². The van der Waals surface area contributed by atoms with Gasteiger partial charge in [0, 0.05) is 11.1 Å². The standard InChI is InChI=1S/2C7H7ClN2O.2H2O/c2*8-6-4-2-1-3-5(6)7(9)10-11;;/h2*1-4,11H,(H2,9,10);2*1H2. The molecule has 0 unspecified atom stereocenters. The van der Waals surface area contributed by atoms with E-state index in [1.807, 2.05) is 0 Å². The molecule has 0 aliphatic carbocycles. The Morgan fingerprint density at radius 1 is 0.708 bits per heavy atom. The van der Waals surface area contributed by atoms with Crippen LogP contribution in [0.1, 0.15) is 11.1 Å². The van der Waals surface area contributed by atoms with E-state index in [1.165, 1.54) is 0 Å². The van der Waals surface area contributed by atoms with Crippen LogP contribution in [0.2, 0.25) is 10.0 Å². The van der Waals surface area contributed by atoms with Crippen LogP contribution in [0.15, 0.2) is 58.8 Å². The molecule has 10 N–H and O–H groups in total. The molecule has 0 saturated heterocycles. The molecule has 0 aromatic heterocycles. The molecule has 132 valence electrons. The average Bonchev–Trinajstić information content (AvgIpc) is 2.55. The highest BCUT2D eigenvalue weighted by Crippen LogP contribution is 2.14. The van der Waals surface area contributed by atoms with E-state index in [4.69, 9.17) is 45.1 Å². The summed E-state index contributed by atoms with van der Waals surface area (Å²) in [5.41, 5.74) is 11.7. The molecule has 0 amide bonds. The van der Waals surface area contributed by atoms with Crippen LogP contribution in [0.5, 0.6) is 0 Å². The molecular formula is C14H18Cl2N4O4. The average molecular weight is 377 g/mol. The molecule has 2 aromatic rings. The maximum Gasteiger partial charge on any atom is 0.171 e. The lowest BCUT2D eigenvalue weighted by molar-refractivity contribution is 0.318. The number of nitrogens with two attached hydrogens (primary N) is 2. The molecule has 24 heavy (non-hydrogen) atoms. The Morgan fingerprint density at radius 2 is 1.00 bits per heavy atom. The van der Waals surface area contributed by atoms with Crippen LogP contribution < -0.4 is 11.5 Å². The molecular weight excluding hydrogens is 359 g/mol. The minimum atomic E-state index is 0. The van der Waals surface area contributed by atoms with Gasteiger partial charge in [0.1, 0.15) is 0 Å².